The Balaban J connectivity index is 2.10. The van der Waals surface area contributed by atoms with Crippen LogP contribution in [0.1, 0.15) is 12.0 Å². The third-order valence-corrected chi connectivity index (χ3v) is 4.05. The topological polar surface area (TPSA) is 91.1 Å². The molecular formula is C12H8BrF2N3O3S. The van der Waals surface area contributed by atoms with Crippen molar-refractivity contribution < 1.29 is 23.5 Å². The van der Waals surface area contributed by atoms with E-state index in [2.05, 4.69) is 31.4 Å². The molecule has 1 aliphatic rings. The molecule has 116 valence electrons. The normalized spacial score (nSPS) is 19.9. The lowest BCUT2D eigenvalue weighted by atomic mass is 10.2. The molecule has 1 atom stereocenters. The molecule has 1 heterocycles. The highest BCUT2D eigenvalue weighted by Crippen LogP contribution is 2.22. The van der Waals surface area contributed by atoms with Crippen LogP contribution in [0.3, 0.4) is 0 Å². The zero-order chi connectivity index (χ0) is 16.3. The van der Waals surface area contributed by atoms with Gasteiger partial charge in [-0.3, -0.25) is 9.59 Å². The number of amidine groups is 1. The number of carboxylic acid groups (broad SMARTS) is 1. The Bertz CT molecular complexity index is 673. The molecule has 1 aromatic carbocycles. The Morgan fingerprint density at radius 2 is 2.09 bits per heavy atom. The molecule has 22 heavy (non-hydrogen) atoms. The quantitative estimate of drug-likeness (QED) is 0.607. The van der Waals surface area contributed by atoms with E-state index < -0.39 is 28.8 Å². The number of hydrogen-bond donors (Lipinski definition) is 2. The van der Waals surface area contributed by atoms with Crippen molar-refractivity contribution in [3.8, 4) is 0 Å². The van der Waals surface area contributed by atoms with Crippen LogP contribution in [0.25, 0.3) is 0 Å². The van der Waals surface area contributed by atoms with Crippen molar-refractivity contribution in [3.05, 3.63) is 33.8 Å². The first kappa shape index (κ1) is 16.6. The molecular weight excluding hydrogens is 384 g/mol. The fourth-order valence-corrected chi connectivity index (χ4v) is 2.88. The lowest BCUT2D eigenvalue weighted by molar-refractivity contribution is -0.138. The van der Waals surface area contributed by atoms with E-state index in [1.807, 2.05) is 0 Å². The van der Waals surface area contributed by atoms with E-state index in [0.717, 1.165) is 30.1 Å². The molecule has 0 radical (unpaired) electrons. The third-order valence-electron chi connectivity index (χ3n) is 2.52. The third kappa shape index (κ3) is 4.10. The average molecular weight is 392 g/mol. The van der Waals surface area contributed by atoms with Gasteiger partial charge in [-0.2, -0.15) is 5.10 Å². The minimum atomic E-state index is -1.11. The Morgan fingerprint density at radius 1 is 1.45 bits per heavy atom. The second-order valence-electron chi connectivity index (χ2n) is 4.13. The van der Waals surface area contributed by atoms with Crippen LogP contribution in [0.5, 0.6) is 0 Å². The Hall–Kier alpha value is -1.81. The number of hydrogen-bond acceptors (Lipinski definition) is 5. The number of nitrogens with one attached hydrogen (secondary N) is 1. The van der Waals surface area contributed by atoms with Crippen LogP contribution < -0.4 is 5.32 Å². The zero-order valence-electron chi connectivity index (χ0n) is 10.7. The van der Waals surface area contributed by atoms with Gasteiger partial charge in [0.1, 0.15) is 16.9 Å². The summed E-state index contributed by atoms with van der Waals surface area (Å²) in [7, 11) is 0. The highest BCUT2D eigenvalue weighted by Gasteiger charge is 2.32. The maximum Gasteiger partial charge on any atom is 0.305 e. The standard InChI is InChI=1S/C12H8BrF2N3O3S/c13-5-1-7(14)6(8(15)2-5)4-16-18-12-17-11(21)9(22-12)3-10(19)20/h1-2,4,9H,3H2,(H,19,20)(H,17,18,21). The molecule has 0 aliphatic carbocycles. The fraction of sp³-hybridized carbons (Fsp3) is 0.167. The summed E-state index contributed by atoms with van der Waals surface area (Å²) in [6.45, 7) is 0. The molecule has 1 saturated heterocycles. The number of nitrogens with zero attached hydrogens (tertiary/aromatic N) is 2. The maximum absolute atomic E-state index is 13.5. The number of thioether (sulfide) groups is 1. The molecule has 0 bridgehead atoms. The van der Waals surface area contributed by atoms with Crippen molar-refractivity contribution in [2.24, 2.45) is 10.2 Å². The molecule has 1 unspecified atom stereocenters. The number of amides is 1. The van der Waals surface area contributed by atoms with Gasteiger partial charge in [-0.15, -0.1) is 5.10 Å². The van der Waals surface area contributed by atoms with Gasteiger partial charge >= 0.3 is 5.97 Å². The van der Waals surface area contributed by atoms with E-state index in [0.29, 0.717) is 0 Å². The van der Waals surface area contributed by atoms with Crippen molar-refractivity contribution in [3.63, 3.8) is 0 Å². The van der Waals surface area contributed by atoms with Gasteiger partial charge in [0.25, 0.3) is 0 Å². The van der Waals surface area contributed by atoms with E-state index in [4.69, 9.17) is 5.11 Å². The average Bonchev–Trinajstić information content (AvgIpc) is 2.72. The smallest absolute Gasteiger partial charge is 0.305 e. The second kappa shape index (κ2) is 6.97. The van der Waals surface area contributed by atoms with Gasteiger partial charge in [-0.05, 0) is 12.1 Å². The van der Waals surface area contributed by atoms with Gasteiger partial charge in [0.05, 0.1) is 18.2 Å². The number of rotatable bonds is 4. The second-order valence-corrected chi connectivity index (χ2v) is 6.23. The molecule has 2 rings (SSSR count). The SMILES string of the molecule is O=C(O)CC1SC(=NN=Cc2c(F)cc(Br)cc2F)NC1=O. The van der Waals surface area contributed by atoms with Gasteiger partial charge in [-0.25, -0.2) is 8.78 Å². The van der Waals surface area contributed by atoms with Gasteiger partial charge in [0.2, 0.25) is 5.91 Å². The largest absolute Gasteiger partial charge is 0.481 e. The van der Waals surface area contributed by atoms with E-state index in [9.17, 15) is 18.4 Å². The van der Waals surface area contributed by atoms with Crippen molar-refractivity contribution in [2.45, 2.75) is 11.7 Å². The Morgan fingerprint density at radius 3 is 2.68 bits per heavy atom. The summed E-state index contributed by atoms with van der Waals surface area (Å²) in [5.41, 5.74) is -0.371. The maximum atomic E-state index is 13.5. The highest BCUT2D eigenvalue weighted by atomic mass is 79.9. The summed E-state index contributed by atoms with van der Waals surface area (Å²) in [6, 6.07) is 2.15. The first-order valence-electron chi connectivity index (χ1n) is 5.81. The molecule has 6 nitrogen and oxygen atoms in total. The van der Waals surface area contributed by atoms with Gasteiger partial charge in [-0.1, -0.05) is 27.7 Å². The van der Waals surface area contributed by atoms with E-state index >= 15 is 0 Å². The van der Waals surface area contributed by atoms with E-state index in [1.54, 1.807) is 0 Å². The molecule has 0 aromatic heterocycles. The number of halogens is 3. The molecule has 10 heteroatoms. The minimum Gasteiger partial charge on any atom is -0.481 e. The van der Waals surface area contributed by atoms with Crippen molar-refractivity contribution in [1.29, 1.82) is 0 Å². The van der Waals surface area contributed by atoms with Crippen LogP contribution in [0.15, 0.2) is 26.8 Å². The van der Waals surface area contributed by atoms with Crippen LogP contribution in [0.4, 0.5) is 8.78 Å². The molecule has 1 aliphatic heterocycles. The van der Waals surface area contributed by atoms with Gasteiger partial charge in [0.15, 0.2) is 5.17 Å². The number of carbonyl (C=O) groups is 2. The number of benzene rings is 1. The van der Waals surface area contributed by atoms with Gasteiger partial charge < -0.3 is 10.4 Å². The van der Waals surface area contributed by atoms with Crippen LogP contribution in [-0.4, -0.2) is 33.6 Å². The van der Waals surface area contributed by atoms with Crippen molar-refractivity contribution in [2.75, 3.05) is 0 Å². The van der Waals surface area contributed by atoms with Crippen molar-refractivity contribution in [1.82, 2.24) is 5.32 Å². The van der Waals surface area contributed by atoms with E-state index in [-0.39, 0.29) is 21.6 Å². The molecule has 1 fully saturated rings. The molecule has 0 spiro atoms. The van der Waals surface area contributed by atoms with Crippen LogP contribution in [-0.2, 0) is 9.59 Å². The summed E-state index contributed by atoms with van der Waals surface area (Å²) >= 11 is 3.84. The van der Waals surface area contributed by atoms with Crippen LogP contribution in [0.2, 0.25) is 0 Å². The summed E-state index contributed by atoms with van der Waals surface area (Å²) in [5.74, 6) is -3.25. The monoisotopic (exact) mass is 391 g/mol. The summed E-state index contributed by atoms with van der Waals surface area (Å²) in [6.07, 6.45) is 0.524. The van der Waals surface area contributed by atoms with Gasteiger partial charge in [0, 0.05) is 4.47 Å². The molecule has 1 aromatic rings. The van der Waals surface area contributed by atoms with Crippen molar-refractivity contribution >= 4 is 51.0 Å². The number of aliphatic carboxylic acids is 1. The minimum absolute atomic E-state index is 0.0745. The molecule has 0 saturated carbocycles. The van der Waals surface area contributed by atoms with Crippen LogP contribution >= 0.6 is 27.7 Å². The summed E-state index contributed by atoms with van der Waals surface area (Å²) in [4.78, 5) is 22.0. The summed E-state index contributed by atoms with van der Waals surface area (Å²) < 4.78 is 27.3. The Kier molecular flexibility index (Phi) is 5.24. The van der Waals surface area contributed by atoms with Crippen LogP contribution in [0, 0.1) is 11.6 Å². The summed E-state index contributed by atoms with van der Waals surface area (Å²) in [5, 5.41) is 17.4. The lowest BCUT2D eigenvalue weighted by Gasteiger charge is -1.99. The first-order chi connectivity index (χ1) is 10.4. The lowest BCUT2D eigenvalue weighted by Crippen LogP contribution is -2.26. The molecule has 1 amide bonds. The Labute approximate surface area is 135 Å². The first-order valence-corrected chi connectivity index (χ1v) is 7.49. The number of carboxylic acids is 1. The fourth-order valence-electron chi connectivity index (χ4n) is 1.56. The highest BCUT2D eigenvalue weighted by molar-refractivity contribution is 9.10. The number of carbonyl (C=O) groups excluding carboxylic acids is 1. The molecule has 2 N–H and O–H groups in total. The van der Waals surface area contributed by atoms with E-state index in [1.165, 1.54) is 0 Å². The predicted octanol–water partition coefficient (Wildman–Crippen LogP) is 2.12. The predicted molar refractivity (Wildman–Crippen MR) is 80.9 cm³/mol. The zero-order valence-corrected chi connectivity index (χ0v) is 13.1.